The minimum atomic E-state index is -3.93. The minimum Gasteiger partial charge on any atom is -0.395 e. The van der Waals surface area contributed by atoms with E-state index in [1.54, 1.807) is 0 Å². The van der Waals surface area contributed by atoms with Crippen molar-refractivity contribution < 1.29 is 17.9 Å². The second-order valence-electron chi connectivity index (χ2n) is 5.21. The van der Waals surface area contributed by atoms with Gasteiger partial charge in [-0.15, -0.1) is 0 Å². The third-order valence-electron chi connectivity index (χ3n) is 3.78. The van der Waals surface area contributed by atoms with Gasteiger partial charge in [-0.25, -0.2) is 12.8 Å². The molecule has 4 nitrogen and oxygen atoms in total. The highest BCUT2D eigenvalue weighted by atomic mass is 79.9. The number of hydrogen-bond acceptors (Lipinski definition) is 3. The lowest BCUT2D eigenvalue weighted by Crippen LogP contribution is -2.43. The van der Waals surface area contributed by atoms with Crippen LogP contribution >= 0.6 is 15.9 Å². The molecule has 0 bridgehead atoms. The van der Waals surface area contributed by atoms with Crippen LogP contribution in [-0.4, -0.2) is 37.0 Å². The molecule has 118 valence electrons. The molecule has 0 aliphatic heterocycles. The smallest absolute Gasteiger partial charge is 0.246 e. The van der Waals surface area contributed by atoms with Crippen LogP contribution in [-0.2, 0) is 10.0 Å². The summed E-state index contributed by atoms with van der Waals surface area (Å²) in [5.74, 6) is -0.775. The van der Waals surface area contributed by atoms with Crippen LogP contribution < -0.4 is 0 Å². The second kappa shape index (κ2) is 7.17. The number of rotatable bonds is 5. The Labute approximate surface area is 133 Å². The van der Waals surface area contributed by atoms with Gasteiger partial charge in [0.05, 0.1) is 6.61 Å². The molecule has 1 aliphatic rings. The number of nitrogens with zero attached hydrogens (tertiary/aromatic N) is 1. The fourth-order valence-electron chi connectivity index (χ4n) is 2.78. The summed E-state index contributed by atoms with van der Waals surface area (Å²) in [6.45, 7) is -0.267. The first-order valence-electron chi connectivity index (χ1n) is 7.04. The summed E-state index contributed by atoms with van der Waals surface area (Å²) in [5.41, 5.74) is 0. The fourth-order valence-corrected chi connectivity index (χ4v) is 4.83. The fraction of sp³-hybridized carbons (Fsp3) is 0.571. The Morgan fingerprint density at radius 1 is 1.29 bits per heavy atom. The zero-order valence-corrected chi connectivity index (χ0v) is 14.0. The molecule has 0 radical (unpaired) electrons. The highest BCUT2D eigenvalue weighted by Gasteiger charge is 2.33. The molecule has 1 fully saturated rings. The molecular weight excluding hydrogens is 361 g/mol. The molecule has 7 heteroatoms. The Bertz CT molecular complexity index is 588. The molecule has 1 aromatic carbocycles. The van der Waals surface area contributed by atoms with Crippen molar-refractivity contribution in [3.05, 3.63) is 28.5 Å². The third-order valence-corrected chi connectivity index (χ3v) is 6.26. The number of aliphatic hydroxyl groups excluding tert-OH is 1. The standard InChI is InChI=1S/C14H19BrFNO3S/c15-11-6-7-14(13(16)10-11)21(19,20)17(8-9-18)12-4-2-1-3-5-12/h6-7,10,12,18H,1-5,8-9H2. The van der Waals surface area contributed by atoms with Crippen molar-refractivity contribution in [2.45, 2.75) is 43.0 Å². The van der Waals surface area contributed by atoms with Gasteiger partial charge in [-0.1, -0.05) is 35.2 Å². The molecule has 0 amide bonds. The van der Waals surface area contributed by atoms with E-state index in [0.29, 0.717) is 4.47 Å². The first kappa shape index (κ1) is 16.9. The average molecular weight is 380 g/mol. The summed E-state index contributed by atoms with van der Waals surface area (Å²) in [7, 11) is -3.93. The second-order valence-corrected chi connectivity index (χ2v) is 7.98. The molecule has 2 rings (SSSR count). The molecule has 0 saturated heterocycles. The van der Waals surface area contributed by atoms with Gasteiger partial charge in [0.2, 0.25) is 10.0 Å². The maximum atomic E-state index is 14.0. The van der Waals surface area contributed by atoms with E-state index in [9.17, 15) is 17.9 Å². The molecular formula is C14H19BrFNO3S. The largest absolute Gasteiger partial charge is 0.395 e. The number of aliphatic hydroxyl groups is 1. The maximum Gasteiger partial charge on any atom is 0.246 e. The van der Waals surface area contributed by atoms with E-state index in [1.165, 1.54) is 16.4 Å². The van der Waals surface area contributed by atoms with Gasteiger partial charge in [-0.05, 0) is 31.0 Å². The Kier molecular flexibility index (Phi) is 5.76. The van der Waals surface area contributed by atoms with E-state index in [4.69, 9.17) is 0 Å². The molecule has 0 unspecified atom stereocenters. The first-order valence-corrected chi connectivity index (χ1v) is 9.28. The zero-order valence-electron chi connectivity index (χ0n) is 11.6. The van der Waals surface area contributed by atoms with Gasteiger partial charge in [0.25, 0.3) is 0 Å². The molecule has 1 N–H and O–H groups in total. The predicted octanol–water partition coefficient (Wildman–Crippen LogP) is 2.90. The van der Waals surface area contributed by atoms with Crippen molar-refractivity contribution in [2.24, 2.45) is 0 Å². The Morgan fingerprint density at radius 2 is 1.95 bits per heavy atom. The number of sulfonamides is 1. The van der Waals surface area contributed by atoms with Crippen LogP contribution in [0.2, 0.25) is 0 Å². The summed E-state index contributed by atoms with van der Waals surface area (Å²) in [6.07, 6.45) is 4.54. The van der Waals surface area contributed by atoms with Gasteiger partial charge >= 0.3 is 0 Å². The Morgan fingerprint density at radius 3 is 2.52 bits per heavy atom. The molecule has 0 heterocycles. The number of halogens is 2. The van der Waals surface area contributed by atoms with Crippen LogP contribution in [0.3, 0.4) is 0 Å². The summed E-state index contributed by atoms with van der Waals surface area (Å²) in [4.78, 5) is -0.329. The molecule has 21 heavy (non-hydrogen) atoms. The van der Waals surface area contributed by atoms with Crippen LogP contribution in [0.15, 0.2) is 27.6 Å². The molecule has 0 atom stereocenters. The predicted molar refractivity (Wildman–Crippen MR) is 82.0 cm³/mol. The van der Waals surface area contributed by atoms with E-state index in [-0.39, 0.29) is 24.1 Å². The van der Waals surface area contributed by atoms with Crippen molar-refractivity contribution in [1.82, 2.24) is 4.31 Å². The summed E-state index contributed by atoms with van der Waals surface area (Å²) in [5, 5.41) is 9.18. The van der Waals surface area contributed by atoms with Gasteiger partial charge in [0.1, 0.15) is 10.7 Å². The SMILES string of the molecule is O=S(=O)(c1ccc(Br)cc1F)N(CCO)C1CCCCC1. The lowest BCUT2D eigenvalue weighted by Gasteiger charge is -2.33. The number of hydrogen-bond donors (Lipinski definition) is 1. The Hall–Kier alpha value is -0.500. The average Bonchev–Trinajstić information content (AvgIpc) is 2.45. The topological polar surface area (TPSA) is 57.6 Å². The summed E-state index contributed by atoms with van der Waals surface area (Å²) >= 11 is 3.12. The van der Waals surface area contributed by atoms with Crippen LogP contribution in [0.1, 0.15) is 32.1 Å². The van der Waals surface area contributed by atoms with Crippen LogP contribution in [0.25, 0.3) is 0 Å². The van der Waals surface area contributed by atoms with E-state index in [0.717, 1.165) is 38.2 Å². The van der Waals surface area contributed by atoms with Crippen LogP contribution in [0.4, 0.5) is 4.39 Å². The van der Waals surface area contributed by atoms with Gasteiger partial charge < -0.3 is 5.11 Å². The van der Waals surface area contributed by atoms with Crippen molar-refractivity contribution in [2.75, 3.05) is 13.2 Å². The highest BCUT2D eigenvalue weighted by molar-refractivity contribution is 9.10. The molecule has 1 saturated carbocycles. The maximum absolute atomic E-state index is 14.0. The summed E-state index contributed by atoms with van der Waals surface area (Å²) < 4.78 is 41.2. The van der Waals surface area contributed by atoms with Crippen molar-refractivity contribution >= 4 is 26.0 Å². The first-order chi connectivity index (χ1) is 9.96. The van der Waals surface area contributed by atoms with Crippen molar-refractivity contribution in [1.29, 1.82) is 0 Å². The monoisotopic (exact) mass is 379 g/mol. The highest BCUT2D eigenvalue weighted by Crippen LogP contribution is 2.29. The molecule has 1 aliphatic carbocycles. The van der Waals surface area contributed by atoms with E-state index < -0.39 is 15.8 Å². The summed E-state index contributed by atoms with van der Waals surface area (Å²) in [6, 6.07) is 3.76. The van der Waals surface area contributed by atoms with Gasteiger partial charge in [-0.2, -0.15) is 4.31 Å². The van der Waals surface area contributed by atoms with Crippen molar-refractivity contribution in [3.8, 4) is 0 Å². The quantitative estimate of drug-likeness (QED) is 0.855. The zero-order chi connectivity index (χ0) is 15.5. The molecule has 0 aromatic heterocycles. The van der Waals surface area contributed by atoms with E-state index >= 15 is 0 Å². The van der Waals surface area contributed by atoms with E-state index in [2.05, 4.69) is 15.9 Å². The normalized spacial score (nSPS) is 17.3. The third kappa shape index (κ3) is 3.83. The van der Waals surface area contributed by atoms with Gasteiger partial charge in [0.15, 0.2) is 0 Å². The van der Waals surface area contributed by atoms with Gasteiger partial charge in [0, 0.05) is 17.1 Å². The lowest BCUT2D eigenvalue weighted by molar-refractivity contribution is 0.199. The van der Waals surface area contributed by atoms with Crippen LogP contribution in [0.5, 0.6) is 0 Å². The minimum absolute atomic E-state index is 0.00248. The number of benzene rings is 1. The Balaban J connectivity index is 2.36. The lowest BCUT2D eigenvalue weighted by atomic mass is 9.95. The van der Waals surface area contributed by atoms with Gasteiger partial charge in [-0.3, -0.25) is 0 Å². The molecule has 1 aromatic rings. The van der Waals surface area contributed by atoms with E-state index in [1.807, 2.05) is 0 Å². The molecule has 0 spiro atoms. The van der Waals surface area contributed by atoms with Crippen LogP contribution in [0, 0.1) is 5.82 Å². The van der Waals surface area contributed by atoms with Crippen molar-refractivity contribution in [3.63, 3.8) is 0 Å².